The van der Waals surface area contributed by atoms with Crippen LogP contribution in [0.25, 0.3) is 0 Å². The molecule has 0 atom stereocenters. The number of aromatic nitrogens is 2. The first-order valence-electron chi connectivity index (χ1n) is 8.66. The van der Waals surface area contributed by atoms with Crippen molar-refractivity contribution in [2.75, 3.05) is 5.32 Å². The monoisotopic (exact) mass is 362 g/mol. The Hall–Kier alpha value is -2.77. The van der Waals surface area contributed by atoms with Gasteiger partial charge in [-0.15, -0.1) is 0 Å². The largest absolute Gasteiger partial charge is 0.348 e. The number of rotatable bonds is 4. The lowest BCUT2D eigenvalue weighted by Gasteiger charge is -2.16. The molecule has 2 aromatic rings. The smallest absolute Gasteiger partial charge is 0.271 e. The number of carbonyl (C=O) groups excluding carboxylic acids is 2. The second-order valence-corrected chi connectivity index (χ2v) is 6.37. The van der Waals surface area contributed by atoms with E-state index in [0.29, 0.717) is 0 Å². The molecule has 2 amide bonds. The summed E-state index contributed by atoms with van der Waals surface area (Å²) in [5.41, 5.74) is -0.577. The molecular formula is C18H20F2N4O2. The van der Waals surface area contributed by atoms with Crippen LogP contribution in [0.15, 0.2) is 24.4 Å². The fourth-order valence-corrected chi connectivity index (χ4v) is 3.13. The third-order valence-corrected chi connectivity index (χ3v) is 4.49. The van der Waals surface area contributed by atoms with Gasteiger partial charge in [0.25, 0.3) is 11.8 Å². The molecule has 3 rings (SSSR count). The number of nitrogens with one attached hydrogen (secondary N) is 3. The van der Waals surface area contributed by atoms with E-state index in [1.54, 1.807) is 0 Å². The summed E-state index contributed by atoms with van der Waals surface area (Å²) < 4.78 is 27.5. The van der Waals surface area contributed by atoms with Gasteiger partial charge in [-0.1, -0.05) is 31.7 Å². The average molecular weight is 362 g/mol. The fraction of sp³-hybridized carbons (Fsp3) is 0.389. The number of aromatic amines is 1. The highest BCUT2D eigenvalue weighted by molar-refractivity contribution is 6.08. The number of benzene rings is 1. The zero-order valence-electron chi connectivity index (χ0n) is 14.1. The van der Waals surface area contributed by atoms with Crippen LogP contribution in [-0.4, -0.2) is 28.1 Å². The standard InChI is InChI=1S/C18H20F2N4O2/c19-12-8-5-9-13(20)15(12)17(25)23-14-10-21-24-16(14)18(26)22-11-6-3-1-2-4-7-11/h5,8-11H,1-4,6-7H2,(H,21,24)(H,22,26)(H,23,25). The topological polar surface area (TPSA) is 86.9 Å². The molecule has 0 saturated heterocycles. The molecule has 1 aromatic carbocycles. The van der Waals surface area contributed by atoms with Gasteiger partial charge >= 0.3 is 0 Å². The predicted octanol–water partition coefficient (Wildman–Crippen LogP) is 3.39. The lowest BCUT2D eigenvalue weighted by Crippen LogP contribution is -2.35. The van der Waals surface area contributed by atoms with E-state index in [2.05, 4.69) is 20.8 Å². The van der Waals surface area contributed by atoms with Crippen molar-refractivity contribution in [3.05, 3.63) is 47.3 Å². The van der Waals surface area contributed by atoms with Crippen LogP contribution in [0.5, 0.6) is 0 Å². The number of amides is 2. The van der Waals surface area contributed by atoms with E-state index in [9.17, 15) is 18.4 Å². The van der Waals surface area contributed by atoms with Gasteiger partial charge in [-0.3, -0.25) is 14.7 Å². The number of carbonyl (C=O) groups is 2. The van der Waals surface area contributed by atoms with Crippen molar-refractivity contribution in [1.82, 2.24) is 15.5 Å². The maximum atomic E-state index is 13.7. The van der Waals surface area contributed by atoms with E-state index in [-0.39, 0.29) is 17.4 Å². The van der Waals surface area contributed by atoms with E-state index >= 15 is 0 Å². The number of nitrogens with zero attached hydrogens (tertiary/aromatic N) is 1. The van der Waals surface area contributed by atoms with E-state index in [1.807, 2.05) is 0 Å². The van der Waals surface area contributed by atoms with E-state index < -0.39 is 29.0 Å². The van der Waals surface area contributed by atoms with Crippen molar-refractivity contribution in [3.63, 3.8) is 0 Å². The van der Waals surface area contributed by atoms with Crippen molar-refractivity contribution in [2.45, 2.75) is 44.6 Å². The Morgan fingerprint density at radius 2 is 1.69 bits per heavy atom. The minimum absolute atomic E-state index is 0.0549. The first-order chi connectivity index (χ1) is 12.6. The Balaban J connectivity index is 1.72. The van der Waals surface area contributed by atoms with Gasteiger partial charge in [0.05, 0.1) is 11.9 Å². The first kappa shape index (κ1) is 18.0. The molecule has 1 heterocycles. The van der Waals surface area contributed by atoms with Crippen LogP contribution >= 0.6 is 0 Å². The van der Waals surface area contributed by atoms with Crippen LogP contribution < -0.4 is 10.6 Å². The Labute approximate surface area is 149 Å². The third-order valence-electron chi connectivity index (χ3n) is 4.49. The highest BCUT2D eigenvalue weighted by atomic mass is 19.1. The highest BCUT2D eigenvalue weighted by Crippen LogP contribution is 2.20. The lowest BCUT2D eigenvalue weighted by atomic mass is 10.1. The first-order valence-corrected chi connectivity index (χ1v) is 8.66. The molecule has 0 radical (unpaired) electrons. The van der Waals surface area contributed by atoms with Crippen LogP contribution in [0.1, 0.15) is 59.4 Å². The van der Waals surface area contributed by atoms with Crippen molar-refractivity contribution in [3.8, 4) is 0 Å². The second kappa shape index (κ2) is 8.07. The van der Waals surface area contributed by atoms with Gasteiger partial charge in [0.1, 0.15) is 22.9 Å². The van der Waals surface area contributed by atoms with Crippen LogP contribution in [0.4, 0.5) is 14.5 Å². The molecule has 26 heavy (non-hydrogen) atoms. The molecule has 8 heteroatoms. The van der Waals surface area contributed by atoms with Crippen molar-refractivity contribution in [2.24, 2.45) is 0 Å². The Kier molecular flexibility index (Phi) is 5.60. The van der Waals surface area contributed by atoms with Gasteiger partial charge in [0, 0.05) is 6.04 Å². The number of H-pyrrole nitrogens is 1. The number of hydrogen-bond donors (Lipinski definition) is 3. The summed E-state index contributed by atoms with van der Waals surface area (Å²) in [4.78, 5) is 24.7. The van der Waals surface area contributed by atoms with Gasteiger partial charge < -0.3 is 10.6 Å². The average Bonchev–Trinajstić information content (AvgIpc) is 2.90. The lowest BCUT2D eigenvalue weighted by molar-refractivity contribution is 0.0929. The Bertz CT molecular complexity index is 778. The molecule has 0 aliphatic heterocycles. The van der Waals surface area contributed by atoms with Gasteiger partial charge in [-0.05, 0) is 25.0 Å². The highest BCUT2D eigenvalue weighted by Gasteiger charge is 2.23. The molecule has 1 aromatic heterocycles. The minimum Gasteiger partial charge on any atom is -0.348 e. The maximum Gasteiger partial charge on any atom is 0.271 e. The summed E-state index contributed by atoms with van der Waals surface area (Å²) in [6, 6.07) is 3.23. The number of anilines is 1. The minimum atomic E-state index is -0.981. The van der Waals surface area contributed by atoms with E-state index in [1.165, 1.54) is 12.3 Å². The molecule has 6 nitrogen and oxygen atoms in total. The van der Waals surface area contributed by atoms with Crippen LogP contribution in [0.3, 0.4) is 0 Å². The number of halogens is 2. The zero-order chi connectivity index (χ0) is 18.5. The van der Waals surface area contributed by atoms with Gasteiger partial charge in [0.15, 0.2) is 0 Å². The summed E-state index contributed by atoms with van der Waals surface area (Å²) in [6.45, 7) is 0. The van der Waals surface area contributed by atoms with E-state index in [0.717, 1.165) is 50.7 Å². The van der Waals surface area contributed by atoms with Crippen molar-refractivity contribution < 1.29 is 18.4 Å². The maximum absolute atomic E-state index is 13.7. The van der Waals surface area contributed by atoms with Gasteiger partial charge in [-0.25, -0.2) is 8.78 Å². The van der Waals surface area contributed by atoms with Gasteiger partial charge in [-0.2, -0.15) is 5.10 Å². The van der Waals surface area contributed by atoms with Crippen molar-refractivity contribution >= 4 is 17.5 Å². The summed E-state index contributed by atoms with van der Waals surface area (Å²) in [7, 11) is 0. The van der Waals surface area contributed by atoms with Crippen LogP contribution in [0.2, 0.25) is 0 Å². The Morgan fingerprint density at radius 3 is 2.35 bits per heavy atom. The van der Waals surface area contributed by atoms with Crippen LogP contribution in [-0.2, 0) is 0 Å². The quantitative estimate of drug-likeness (QED) is 0.729. The molecule has 1 aliphatic carbocycles. The third kappa shape index (κ3) is 4.07. The van der Waals surface area contributed by atoms with Crippen molar-refractivity contribution in [1.29, 1.82) is 0 Å². The summed E-state index contributed by atoms with van der Waals surface area (Å²) in [5, 5.41) is 11.6. The Morgan fingerprint density at radius 1 is 1.04 bits per heavy atom. The molecule has 1 fully saturated rings. The molecule has 0 unspecified atom stereocenters. The predicted molar refractivity (Wildman–Crippen MR) is 91.9 cm³/mol. The molecule has 0 spiro atoms. The SMILES string of the molecule is O=C(NC1CCCCCC1)c1[nH]ncc1NC(=O)c1c(F)cccc1F. The van der Waals surface area contributed by atoms with Crippen LogP contribution in [0, 0.1) is 11.6 Å². The zero-order valence-corrected chi connectivity index (χ0v) is 14.1. The summed E-state index contributed by atoms with van der Waals surface area (Å²) >= 11 is 0. The molecule has 3 N–H and O–H groups in total. The number of hydrogen-bond acceptors (Lipinski definition) is 3. The molecule has 138 valence electrons. The molecule has 0 bridgehead atoms. The molecule has 1 saturated carbocycles. The summed E-state index contributed by atoms with van der Waals surface area (Å²) in [5.74, 6) is -3.34. The van der Waals surface area contributed by atoms with E-state index in [4.69, 9.17) is 0 Å². The van der Waals surface area contributed by atoms with Gasteiger partial charge in [0.2, 0.25) is 0 Å². The fourth-order valence-electron chi connectivity index (χ4n) is 3.13. The normalized spacial score (nSPS) is 15.3. The molecular weight excluding hydrogens is 342 g/mol. The second-order valence-electron chi connectivity index (χ2n) is 6.37. The summed E-state index contributed by atoms with van der Waals surface area (Å²) in [6.07, 6.45) is 7.48. The molecule has 1 aliphatic rings.